The van der Waals surface area contributed by atoms with Crippen molar-refractivity contribution in [2.24, 2.45) is 0 Å². The lowest BCUT2D eigenvalue weighted by Crippen LogP contribution is -2.28. The first-order chi connectivity index (χ1) is 9.16. The topological polar surface area (TPSA) is 59.2 Å². The van der Waals surface area contributed by atoms with Crippen LogP contribution in [0.2, 0.25) is 5.02 Å². The number of amides is 1. The number of likely N-dealkylation sites (tertiary alicyclic amines) is 1. The largest absolute Gasteiger partial charge is 0.398 e. The van der Waals surface area contributed by atoms with Gasteiger partial charge in [0.2, 0.25) is 0 Å². The predicted octanol–water partition coefficient (Wildman–Crippen LogP) is 2.71. The summed E-state index contributed by atoms with van der Waals surface area (Å²) in [6.45, 7) is 1.60. The number of hydrogen-bond donors (Lipinski definition) is 1. The number of halogens is 1. The van der Waals surface area contributed by atoms with Crippen LogP contribution in [0.15, 0.2) is 24.4 Å². The molecule has 1 aromatic heterocycles. The van der Waals surface area contributed by atoms with E-state index in [4.69, 9.17) is 17.3 Å². The Kier molecular flexibility index (Phi) is 3.03. The SMILES string of the molecule is Nc1cc(Cl)cc2c(C(=O)N3CCCC3)nccc12. The highest BCUT2D eigenvalue weighted by Crippen LogP contribution is 2.28. The number of aromatic nitrogens is 1. The molecule has 4 nitrogen and oxygen atoms in total. The number of hydrogen-bond acceptors (Lipinski definition) is 3. The number of carbonyl (C=O) groups is 1. The Labute approximate surface area is 116 Å². The van der Waals surface area contributed by atoms with Gasteiger partial charge >= 0.3 is 0 Å². The van der Waals surface area contributed by atoms with Crippen LogP contribution < -0.4 is 5.73 Å². The second kappa shape index (κ2) is 4.70. The van der Waals surface area contributed by atoms with Gasteiger partial charge in [0.15, 0.2) is 0 Å². The molecule has 0 radical (unpaired) electrons. The molecular weight excluding hydrogens is 262 g/mol. The molecule has 0 unspecified atom stereocenters. The first-order valence-corrected chi connectivity index (χ1v) is 6.67. The highest BCUT2D eigenvalue weighted by Gasteiger charge is 2.22. The Morgan fingerprint density at radius 3 is 2.74 bits per heavy atom. The zero-order valence-electron chi connectivity index (χ0n) is 10.4. The molecule has 1 fully saturated rings. The number of anilines is 1. The van der Waals surface area contributed by atoms with E-state index in [1.54, 1.807) is 18.3 Å². The Balaban J connectivity index is 2.15. The highest BCUT2D eigenvalue weighted by atomic mass is 35.5. The van der Waals surface area contributed by atoms with Gasteiger partial charge in [0.1, 0.15) is 5.69 Å². The van der Waals surface area contributed by atoms with E-state index >= 15 is 0 Å². The van der Waals surface area contributed by atoms with Crippen LogP contribution in [0.25, 0.3) is 10.8 Å². The molecule has 0 saturated carbocycles. The number of nitrogen functional groups attached to an aromatic ring is 1. The number of rotatable bonds is 1. The summed E-state index contributed by atoms with van der Waals surface area (Å²) in [5.41, 5.74) is 6.95. The first-order valence-electron chi connectivity index (χ1n) is 6.30. The standard InChI is InChI=1S/C14H14ClN3O/c15-9-7-11-10(12(16)8-9)3-4-17-13(11)14(19)18-5-1-2-6-18/h3-4,7-8H,1-2,5-6,16H2. The summed E-state index contributed by atoms with van der Waals surface area (Å²) in [5.74, 6) is -0.0373. The normalized spacial score (nSPS) is 15.1. The summed E-state index contributed by atoms with van der Waals surface area (Å²) >= 11 is 6.03. The molecule has 1 aliphatic rings. The van der Waals surface area contributed by atoms with Gasteiger partial charge in [-0.2, -0.15) is 0 Å². The number of carbonyl (C=O) groups excluding carboxylic acids is 1. The van der Waals surface area contributed by atoms with Gasteiger partial charge in [0.05, 0.1) is 0 Å². The quantitative estimate of drug-likeness (QED) is 0.814. The fourth-order valence-electron chi connectivity index (χ4n) is 2.52. The minimum absolute atomic E-state index is 0.0373. The average molecular weight is 276 g/mol. The molecule has 0 atom stereocenters. The van der Waals surface area contributed by atoms with Gasteiger partial charge < -0.3 is 10.6 Å². The molecule has 1 aliphatic heterocycles. The monoisotopic (exact) mass is 275 g/mol. The van der Waals surface area contributed by atoms with Crippen LogP contribution in [0, 0.1) is 0 Å². The summed E-state index contributed by atoms with van der Waals surface area (Å²) in [6.07, 6.45) is 3.73. The van der Waals surface area contributed by atoms with E-state index in [0.29, 0.717) is 16.4 Å². The summed E-state index contributed by atoms with van der Waals surface area (Å²) in [5, 5.41) is 2.07. The smallest absolute Gasteiger partial charge is 0.273 e. The van der Waals surface area contributed by atoms with E-state index in [9.17, 15) is 4.79 Å². The number of nitrogens with two attached hydrogens (primary N) is 1. The maximum atomic E-state index is 12.5. The van der Waals surface area contributed by atoms with Crippen LogP contribution in [0.4, 0.5) is 5.69 Å². The van der Waals surface area contributed by atoms with E-state index < -0.39 is 0 Å². The molecule has 2 aromatic rings. The third-order valence-corrected chi connectivity index (χ3v) is 3.69. The van der Waals surface area contributed by atoms with Crippen LogP contribution in [-0.2, 0) is 0 Å². The van der Waals surface area contributed by atoms with Crippen LogP contribution in [-0.4, -0.2) is 28.9 Å². The van der Waals surface area contributed by atoms with E-state index in [2.05, 4.69) is 4.98 Å². The van der Waals surface area contributed by atoms with Gasteiger partial charge in [-0.15, -0.1) is 0 Å². The molecule has 0 spiro atoms. The van der Waals surface area contributed by atoms with Crippen molar-refractivity contribution in [2.75, 3.05) is 18.8 Å². The minimum atomic E-state index is -0.0373. The third kappa shape index (κ3) is 2.12. The molecule has 3 rings (SSSR count). The maximum Gasteiger partial charge on any atom is 0.273 e. The highest BCUT2D eigenvalue weighted by molar-refractivity contribution is 6.32. The van der Waals surface area contributed by atoms with Gasteiger partial charge in [0, 0.05) is 40.8 Å². The summed E-state index contributed by atoms with van der Waals surface area (Å²) < 4.78 is 0. The van der Waals surface area contributed by atoms with E-state index in [0.717, 1.165) is 36.7 Å². The Morgan fingerprint density at radius 1 is 1.26 bits per heavy atom. The van der Waals surface area contributed by atoms with Gasteiger partial charge in [-0.3, -0.25) is 9.78 Å². The van der Waals surface area contributed by atoms with E-state index in [-0.39, 0.29) is 5.91 Å². The molecule has 5 heteroatoms. The van der Waals surface area contributed by atoms with Crippen LogP contribution in [0.5, 0.6) is 0 Å². The molecule has 2 heterocycles. The molecular formula is C14H14ClN3O. The van der Waals surface area contributed by atoms with Crippen molar-refractivity contribution in [3.8, 4) is 0 Å². The van der Waals surface area contributed by atoms with Gasteiger partial charge in [-0.05, 0) is 31.0 Å². The second-order valence-corrected chi connectivity index (χ2v) is 5.19. The molecule has 98 valence electrons. The van der Waals surface area contributed by atoms with Crippen LogP contribution in [0.3, 0.4) is 0 Å². The van der Waals surface area contributed by atoms with Gasteiger partial charge in [0.25, 0.3) is 5.91 Å². The Hall–Kier alpha value is -1.81. The molecule has 1 aromatic carbocycles. The van der Waals surface area contributed by atoms with Gasteiger partial charge in [-0.1, -0.05) is 11.6 Å². The van der Waals surface area contributed by atoms with Crippen molar-refractivity contribution >= 4 is 34.0 Å². The molecule has 2 N–H and O–H groups in total. The Bertz CT molecular complexity index is 650. The first kappa shape index (κ1) is 12.2. The molecule has 19 heavy (non-hydrogen) atoms. The summed E-state index contributed by atoms with van der Waals surface area (Å²) in [7, 11) is 0. The van der Waals surface area contributed by atoms with Crippen molar-refractivity contribution in [3.63, 3.8) is 0 Å². The van der Waals surface area contributed by atoms with E-state index in [1.165, 1.54) is 0 Å². The maximum absolute atomic E-state index is 12.5. The van der Waals surface area contributed by atoms with Crippen molar-refractivity contribution in [2.45, 2.75) is 12.8 Å². The third-order valence-electron chi connectivity index (χ3n) is 3.47. The fourth-order valence-corrected chi connectivity index (χ4v) is 2.74. The van der Waals surface area contributed by atoms with Crippen molar-refractivity contribution < 1.29 is 4.79 Å². The zero-order valence-corrected chi connectivity index (χ0v) is 11.2. The number of nitrogens with zero attached hydrogens (tertiary/aromatic N) is 2. The molecule has 0 bridgehead atoms. The lowest BCUT2D eigenvalue weighted by molar-refractivity contribution is 0.0789. The zero-order chi connectivity index (χ0) is 13.4. The van der Waals surface area contributed by atoms with Crippen LogP contribution >= 0.6 is 11.6 Å². The van der Waals surface area contributed by atoms with Crippen molar-refractivity contribution in [1.82, 2.24) is 9.88 Å². The second-order valence-electron chi connectivity index (χ2n) is 4.75. The van der Waals surface area contributed by atoms with Gasteiger partial charge in [-0.25, -0.2) is 0 Å². The van der Waals surface area contributed by atoms with Crippen LogP contribution in [0.1, 0.15) is 23.3 Å². The number of benzene rings is 1. The minimum Gasteiger partial charge on any atom is -0.398 e. The molecule has 0 aliphatic carbocycles. The summed E-state index contributed by atoms with van der Waals surface area (Å²) in [4.78, 5) is 18.5. The predicted molar refractivity (Wildman–Crippen MR) is 76.3 cm³/mol. The average Bonchev–Trinajstić information content (AvgIpc) is 2.91. The van der Waals surface area contributed by atoms with Crippen molar-refractivity contribution in [1.29, 1.82) is 0 Å². The van der Waals surface area contributed by atoms with E-state index in [1.807, 2.05) is 11.0 Å². The fraction of sp³-hybridized carbons (Fsp3) is 0.286. The molecule has 1 saturated heterocycles. The number of pyridine rings is 1. The van der Waals surface area contributed by atoms with Crippen molar-refractivity contribution in [3.05, 3.63) is 35.1 Å². The lowest BCUT2D eigenvalue weighted by atomic mass is 10.1. The number of fused-ring (bicyclic) bond motifs is 1. The molecule has 1 amide bonds. The lowest BCUT2D eigenvalue weighted by Gasteiger charge is -2.16. The Morgan fingerprint density at radius 2 is 2.00 bits per heavy atom. The summed E-state index contributed by atoms with van der Waals surface area (Å²) in [6, 6.07) is 5.25.